The van der Waals surface area contributed by atoms with Crippen LogP contribution in [-0.4, -0.2) is 47.1 Å². The molecular weight excluding hydrogens is 260 g/mol. The highest BCUT2D eigenvalue weighted by atomic mass is 35.5. The van der Waals surface area contributed by atoms with E-state index in [1.807, 2.05) is 13.8 Å². The van der Waals surface area contributed by atoms with Crippen LogP contribution < -0.4 is 4.90 Å². The van der Waals surface area contributed by atoms with Crippen molar-refractivity contribution in [2.75, 3.05) is 31.1 Å². The molecule has 19 heavy (non-hydrogen) atoms. The first kappa shape index (κ1) is 14.5. The molecule has 0 saturated carbocycles. The monoisotopic (exact) mass is 282 g/mol. The first-order valence-corrected chi connectivity index (χ1v) is 7.44. The molecule has 1 aromatic rings. The fourth-order valence-electron chi connectivity index (χ4n) is 2.74. The third-order valence-corrected chi connectivity index (χ3v) is 4.29. The van der Waals surface area contributed by atoms with Gasteiger partial charge in [-0.3, -0.25) is 4.90 Å². The molecule has 0 spiro atoms. The molecule has 0 aliphatic carbocycles. The Bertz CT molecular complexity index is 445. The maximum Gasteiger partial charge on any atom is 0.171 e. The topological polar surface area (TPSA) is 32.3 Å². The van der Waals surface area contributed by atoms with Crippen molar-refractivity contribution in [3.63, 3.8) is 0 Å². The van der Waals surface area contributed by atoms with Gasteiger partial charge in [0.15, 0.2) is 11.0 Å². The molecule has 0 bridgehead atoms. The van der Waals surface area contributed by atoms with Gasteiger partial charge >= 0.3 is 0 Å². The SMILES string of the molecule is CCN(CC)C1CCN(c2nc(C)c(C)nc2Cl)C1. The Hall–Kier alpha value is -0.870. The van der Waals surface area contributed by atoms with E-state index in [2.05, 4.69) is 33.6 Å². The Morgan fingerprint density at radius 2 is 1.84 bits per heavy atom. The van der Waals surface area contributed by atoms with Crippen LogP contribution in [0.25, 0.3) is 0 Å². The number of hydrogen-bond acceptors (Lipinski definition) is 4. The minimum Gasteiger partial charge on any atom is -0.352 e. The summed E-state index contributed by atoms with van der Waals surface area (Å²) in [4.78, 5) is 13.8. The molecule has 2 heterocycles. The van der Waals surface area contributed by atoms with Crippen LogP contribution in [-0.2, 0) is 0 Å². The molecule has 4 nitrogen and oxygen atoms in total. The second kappa shape index (κ2) is 6.06. The van der Waals surface area contributed by atoms with E-state index in [0.29, 0.717) is 11.2 Å². The van der Waals surface area contributed by atoms with E-state index in [-0.39, 0.29) is 0 Å². The number of aryl methyl sites for hydroxylation is 2. The van der Waals surface area contributed by atoms with Crippen LogP contribution in [0.3, 0.4) is 0 Å². The summed E-state index contributed by atoms with van der Waals surface area (Å²) < 4.78 is 0. The van der Waals surface area contributed by atoms with Crippen LogP contribution >= 0.6 is 11.6 Å². The smallest absolute Gasteiger partial charge is 0.171 e. The maximum atomic E-state index is 6.25. The molecule has 2 rings (SSSR count). The van der Waals surface area contributed by atoms with Crippen LogP contribution in [0, 0.1) is 13.8 Å². The molecule has 0 radical (unpaired) electrons. The normalized spacial score (nSPS) is 19.5. The van der Waals surface area contributed by atoms with Crippen molar-refractivity contribution in [2.45, 2.75) is 40.2 Å². The van der Waals surface area contributed by atoms with E-state index in [9.17, 15) is 0 Å². The van der Waals surface area contributed by atoms with Gasteiger partial charge in [0.05, 0.1) is 11.4 Å². The Balaban J connectivity index is 2.15. The summed E-state index contributed by atoms with van der Waals surface area (Å²) in [7, 11) is 0. The van der Waals surface area contributed by atoms with Gasteiger partial charge in [-0.1, -0.05) is 25.4 Å². The van der Waals surface area contributed by atoms with Crippen molar-refractivity contribution in [1.29, 1.82) is 0 Å². The first-order chi connectivity index (χ1) is 9.06. The molecule has 106 valence electrons. The minimum atomic E-state index is 0.531. The number of rotatable bonds is 4. The van der Waals surface area contributed by atoms with Gasteiger partial charge in [0.2, 0.25) is 0 Å². The lowest BCUT2D eigenvalue weighted by Crippen LogP contribution is -2.37. The highest BCUT2D eigenvalue weighted by Gasteiger charge is 2.28. The zero-order valence-corrected chi connectivity index (χ0v) is 13.0. The van der Waals surface area contributed by atoms with Crippen molar-refractivity contribution >= 4 is 17.4 Å². The van der Waals surface area contributed by atoms with Gasteiger partial charge in [-0.25, -0.2) is 9.97 Å². The third kappa shape index (κ3) is 3.00. The lowest BCUT2D eigenvalue weighted by molar-refractivity contribution is 0.232. The summed E-state index contributed by atoms with van der Waals surface area (Å²) in [6, 6.07) is 0.606. The lowest BCUT2D eigenvalue weighted by atomic mass is 10.2. The zero-order valence-electron chi connectivity index (χ0n) is 12.3. The Morgan fingerprint density at radius 3 is 2.47 bits per heavy atom. The van der Waals surface area contributed by atoms with Crippen molar-refractivity contribution < 1.29 is 0 Å². The van der Waals surface area contributed by atoms with Gasteiger partial charge in [0.1, 0.15) is 0 Å². The maximum absolute atomic E-state index is 6.25. The zero-order chi connectivity index (χ0) is 14.0. The summed E-state index contributed by atoms with van der Waals surface area (Å²) in [6.07, 6.45) is 1.17. The summed E-state index contributed by atoms with van der Waals surface area (Å²) >= 11 is 6.25. The van der Waals surface area contributed by atoms with E-state index >= 15 is 0 Å². The van der Waals surface area contributed by atoms with Crippen LogP contribution in [0.15, 0.2) is 0 Å². The van der Waals surface area contributed by atoms with E-state index in [0.717, 1.165) is 43.4 Å². The highest BCUT2D eigenvalue weighted by Crippen LogP contribution is 2.27. The van der Waals surface area contributed by atoms with Crippen LogP contribution in [0.1, 0.15) is 31.7 Å². The number of nitrogens with zero attached hydrogens (tertiary/aromatic N) is 4. The summed E-state index contributed by atoms with van der Waals surface area (Å²) in [6.45, 7) is 12.6. The molecule has 1 saturated heterocycles. The Morgan fingerprint density at radius 1 is 1.21 bits per heavy atom. The Labute approximate surface area is 120 Å². The number of aromatic nitrogens is 2. The van der Waals surface area contributed by atoms with Crippen molar-refractivity contribution in [1.82, 2.24) is 14.9 Å². The van der Waals surface area contributed by atoms with Crippen molar-refractivity contribution in [3.8, 4) is 0 Å². The van der Waals surface area contributed by atoms with Gasteiger partial charge in [-0.05, 0) is 33.4 Å². The van der Waals surface area contributed by atoms with Crippen LogP contribution in [0.4, 0.5) is 5.82 Å². The van der Waals surface area contributed by atoms with Gasteiger partial charge in [0.25, 0.3) is 0 Å². The van der Waals surface area contributed by atoms with E-state index in [1.165, 1.54) is 6.42 Å². The molecule has 1 fully saturated rings. The number of halogens is 1. The molecule has 5 heteroatoms. The fourth-order valence-corrected chi connectivity index (χ4v) is 3.03. The Kier molecular flexibility index (Phi) is 4.63. The van der Waals surface area contributed by atoms with E-state index in [4.69, 9.17) is 11.6 Å². The third-order valence-electron chi connectivity index (χ3n) is 4.04. The van der Waals surface area contributed by atoms with Crippen molar-refractivity contribution in [3.05, 3.63) is 16.5 Å². The fraction of sp³-hybridized carbons (Fsp3) is 0.714. The molecule has 1 aliphatic heterocycles. The predicted octanol–water partition coefficient (Wildman–Crippen LogP) is 2.67. The largest absolute Gasteiger partial charge is 0.352 e. The molecule has 0 aromatic carbocycles. The predicted molar refractivity (Wildman–Crippen MR) is 80.1 cm³/mol. The molecule has 1 unspecified atom stereocenters. The second-order valence-corrected chi connectivity index (χ2v) is 5.48. The summed E-state index contributed by atoms with van der Waals surface area (Å²) in [5.74, 6) is 0.847. The minimum absolute atomic E-state index is 0.531. The average Bonchev–Trinajstić information content (AvgIpc) is 2.85. The van der Waals surface area contributed by atoms with Gasteiger partial charge in [-0.2, -0.15) is 0 Å². The number of anilines is 1. The second-order valence-electron chi connectivity index (χ2n) is 5.12. The van der Waals surface area contributed by atoms with Gasteiger partial charge in [-0.15, -0.1) is 0 Å². The number of hydrogen-bond donors (Lipinski definition) is 0. The average molecular weight is 283 g/mol. The summed E-state index contributed by atoms with van der Waals surface area (Å²) in [5.41, 5.74) is 1.87. The van der Waals surface area contributed by atoms with Gasteiger partial charge < -0.3 is 4.90 Å². The standard InChI is InChI=1S/C14H23ClN4/c1-5-18(6-2)12-7-8-19(9-12)14-13(15)16-10(3)11(4)17-14/h12H,5-9H2,1-4H3. The van der Waals surface area contributed by atoms with Crippen molar-refractivity contribution in [2.24, 2.45) is 0 Å². The molecular formula is C14H23ClN4. The molecule has 0 N–H and O–H groups in total. The van der Waals surface area contributed by atoms with Gasteiger partial charge in [0, 0.05) is 19.1 Å². The highest BCUT2D eigenvalue weighted by molar-refractivity contribution is 6.31. The molecule has 0 amide bonds. The molecule has 1 aromatic heterocycles. The molecule has 1 atom stereocenters. The van der Waals surface area contributed by atoms with Crippen LogP contribution in [0.5, 0.6) is 0 Å². The van der Waals surface area contributed by atoms with Crippen LogP contribution in [0.2, 0.25) is 5.15 Å². The summed E-state index contributed by atoms with van der Waals surface area (Å²) in [5, 5.41) is 0.531. The van der Waals surface area contributed by atoms with E-state index < -0.39 is 0 Å². The lowest BCUT2D eigenvalue weighted by Gasteiger charge is -2.26. The first-order valence-electron chi connectivity index (χ1n) is 7.06. The number of likely N-dealkylation sites (N-methyl/N-ethyl adjacent to an activating group) is 1. The quantitative estimate of drug-likeness (QED) is 0.850. The molecule has 1 aliphatic rings. The van der Waals surface area contributed by atoms with E-state index in [1.54, 1.807) is 0 Å².